The Bertz CT molecular complexity index is 1270. The number of halogens is 1. The molecule has 0 saturated carbocycles. The number of benzene rings is 1. The molecule has 30 heavy (non-hydrogen) atoms. The van der Waals surface area contributed by atoms with Gasteiger partial charge in [0.1, 0.15) is 9.71 Å². The number of nitrogens with one attached hydrogen (secondary N) is 1. The van der Waals surface area contributed by atoms with E-state index < -0.39 is 5.95 Å². The van der Waals surface area contributed by atoms with E-state index in [4.69, 9.17) is 5.73 Å². The van der Waals surface area contributed by atoms with Crippen LogP contribution in [0.25, 0.3) is 21.3 Å². The summed E-state index contributed by atoms with van der Waals surface area (Å²) in [6, 6.07) is 10.8. The third-order valence-corrected chi connectivity index (χ3v) is 6.14. The highest BCUT2D eigenvalue weighted by Crippen LogP contribution is 2.34. The van der Waals surface area contributed by atoms with Crippen LogP contribution in [0.1, 0.15) is 32.2 Å². The number of hydrogen-bond acceptors (Lipinski definition) is 6. The van der Waals surface area contributed by atoms with Gasteiger partial charge >= 0.3 is 0 Å². The second-order valence-corrected chi connectivity index (χ2v) is 8.11. The van der Waals surface area contributed by atoms with Crippen LogP contribution in [0.5, 0.6) is 0 Å². The molecule has 0 aliphatic rings. The van der Waals surface area contributed by atoms with E-state index in [0.29, 0.717) is 33.2 Å². The first-order chi connectivity index (χ1) is 14.3. The highest BCUT2D eigenvalue weighted by Gasteiger charge is 2.19. The van der Waals surface area contributed by atoms with E-state index >= 15 is 0 Å². The zero-order valence-corrected chi connectivity index (χ0v) is 17.6. The minimum atomic E-state index is -0.495. The standard InChI is InChI=1S/C22H20FN5OS/c1-11-4-9-16(20(23)26-11)15-7-5-14(6-8-15)10-25-21(29)19-18(24)17-12(2)13(3)27-28-22(17)30-19/h4-9H,10,24H2,1-3H3,(H,25,29). The number of hydrogen-bond donors (Lipinski definition) is 2. The molecule has 152 valence electrons. The number of thiophene rings is 1. The highest BCUT2D eigenvalue weighted by atomic mass is 32.1. The maximum Gasteiger partial charge on any atom is 0.263 e. The van der Waals surface area contributed by atoms with Crippen molar-refractivity contribution in [1.29, 1.82) is 0 Å². The van der Waals surface area contributed by atoms with Crippen LogP contribution in [0.2, 0.25) is 0 Å². The summed E-state index contributed by atoms with van der Waals surface area (Å²) in [5.74, 6) is -0.754. The molecule has 0 atom stereocenters. The van der Waals surface area contributed by atoms with Gasteiger partial charge in [0.05, 0.1) is 11.4 Å². The molecule has 3 aromatic heterocycles. The number of nitrogen functional groups attached to an aromatic ring is 1. The fourth-order valence-electron chi connectivity index (χ4n) is 3.21. The lowest BCUT2D eigenvalue weighted by atomic mass is 10.0. The number of anilines is 1. The molecule has 0 unspecified atom stereocenters. The summed E-state index contributed by atoms with van der Waals surface area (Å²) in [5.41, 5.74) is 11.1. The molecular formula is C22H20FN5OS. The largest absolute Gasteiger partial charge is 0.397 e. The highest BCUT2D eigenvalue weighted by molar-refractivity contribution is 7.21. The Morgan fingerprint density at radius 3 is 2.53 bits per heavy atom. The fourth-order valence-corrected chi connectivity index (χ4v) is 4.23. The third-order valence-electron chi connectivity index (χ3n) is 5.05. The molecule has 0 fully saturated rings. The number of amides is 1. The quantitative estimate of drug-likeness (QED) is 0.479. The van der Waals surface area contributed by atoms with Gasteiger partial charge in [-0.2, -0.15) is 9.49 Å². The summed E-state index contributed by atoms with van der Waals surface area (Å²) < 4.78 is 14.1. The Labute approximate surface area is 177 Å². The Morgan fingerprint density at radius 1 is 1.10 bits per heavy atom. The number of fused-ring (bicyclic) bond motifs is 1. The molecule has 0 spiro atoms. The van der Waals surface area contributed by atoms with E-state index in [1.807, 2.05) is 38.1 Å². The maximum atomic E-state index is 14.1. The van der Waals surface area contributed by atoms with Gasteiger partial charge in [-0.3, -0.25) is 4.79 Å². The van der Waals surface area contributed by atoms with Gasteiger partial charge in [0.15, 0.2) is 0 Å². The molecule has 3 heterocycles. The van der Waals surface area contributed by atoms with E-state index in [0.717, 1.165) is 27.8 Å². The first-order valence-electron chi connectivity index (χ1n) is 9.37. The normalized spacial score (nSPS) is 11.1. The third kappa shape index (κ3) is 3.61. The summed E-state index contributed by atoms with van der Waals surface area (Å²) in [5, 5.41) is 11.9. The van der Waals surface area contributed by atoms with Crippen LogP contribution in [0.15, 0.2) is 36.4 Å². The van der Waals surface area contributed by atoms with Crippen LogP contribution >= 0.6 is 11.3 Å². The van der Waals surface area contributed by atoms with Gasteiger partial charge in [-0.25, -0.2) is 4.98 Å². The molecule has 6 nitrogen and oxygen atoms in total. The molecule has 1 amide bonds. The summed E-state index contributed by atoms with van der Waals surface area (Å²) in [7, 11) is 0. The van der Waals surface area contributed by atoms with Crippen molar-refractivity contribution in [2.75, 3.05) is 5.73 Å². The molecule has 0 radical (unpaired) electrons. The predicted octanol–water partition coefficient (Wildman–Crippen LogP) is 4.33. The van der Waals surface area contributed by atoms with E-state index in [9.17, 15) is 9.18 Å². The van der Waals surface area contributed by atoms with Crippen molar-refractivity contribution >= 4 is 33.1 Å². The maximum absolute atomic E-state index is 14.1. The average Bonchev–Trinajstić information content (AvgIpc) is 3.07. The Morgan fingerprint density at radius 2 is 1.83 bits per heavy atom. The topological polar surface area (TPSA) is 93.8 Å². The van der Waals surface area contributed by atoms with Gasteiger partial charge in [0.25, 0.3) is 5.91 Å². The Kier molecular flexibility index (Phi) is 5.17. The van der Waals surface area contributed by atoms with Crippen molar-refractivity contribution in [3.8, 4) is 11.1 Å². The minimum absolute atomic E-state index is 0.259. The number of aryl methyl sites for hydroxylation is 3. The summed E-state index contributed by atoms with van der Waals surface area (Å²) in [6.45, 7) is 5.86. The number of carbonyl (C=O) groups excluding carboxylic acids is 1. The zero-order chi connectivity index (χ0) is 21.4. The molecule has 0 aliphatic heterocycles. The van der Waals surface area contributed by atoms with E-state index in [1.54, 1.807) is 19.1 Å². The Balaban J connectivity index is 1.50. The van der Waals surface area contributed by atoms with E-state index in [1.165, 1.54) is 11.3 Å². The molecule has 4 rings (SSSR count). The van der Waals surface area contributed by atoms with Gasteiger partial charge in [-0.05, 0) is 49.6 Å². The summed E-state index contributed by atoms with van der Waals surface area (Å²) in [4.78, 5) is 17.6. The fraction of sp³-hybridized carbons (Fsp3) is 0.182. The number of rotatable bonds is 4. The second kappa shape index (κ2) is 7.79. The summed E-state index contributed by atoms with van der Waals surface area (Å²) in [6.07, 6.45) is 0. The van der Waals surface area contributed by atoms with Gasteiger partial charge in [0, 0.05) is 23.2 Å². The predicted molar refractivity (Wildman–Crippen MR) is 117 cm³/mol. The van der Waals surface area contributed by atoms with Crippen LogP contribution in [-0.4, -0.2) is 21.1 Å². The number of aromatic nitrogens is 3. The van der Waals surface area contributed by atoms with Gasteiger partial charge in [-0.1, -0.05) is 24.3 Å². The van der Waals surface area contributed by atoms with Crippen molar-refractivity contribution < 1.29 is 9.18 Å². The monoisotopic (exact) mass is 421 g/mol. The molecule has 0 bridgehead atoms. The van der Waals surface area contributed by atoms with Gasteiger partial charge in [0.2, 0.25) is 5.95 Å². The zero-order valence-electron chi connectivity index (χ0n) is 16.8. The molecule has 0 aliphatic carbocycles. The lowest BCUT2D eigenvalue weighted by molar-refractivity contribution is 0.0956. The lowest BCUT2D eigenvalue weighted by Gasteiger charge is -2.07. The molecule has 3 N–H and O–H groups in total. The summed E-state index contributed by atoms with van der Waals surface area (Å²) >= 11 is 1.23. The number of carbonyl (C=O) groups is 1. The van der Waals surface area contributed by atoms with Crippen molar-refractivity contribution in [2.24, 2.45) is 0 Å². The SMILES string of the molecule is Cc1ccc(-c2ccc(CNC(=O)c3sc4nnc(C)c(C)c4c3N)cc2)c(F)n1. The van der Waals surface area contributed by atoms with E-state index in [2.05, 4.69) is 20.5 Å². The Hall–Kier alpha value is -3.39. The van der Waals surface area contributed by atoms with Crippen molar-refractivity contribution in [2.45, 2.75) is 27.3 Å². The number of nitrogens with two attached hydrogens (primary N) is 1. The molecule has 8 heteroatoms. The lowest BCUT2D eigenvalue weighted by Crippen LogP contribution is -2.22. The number of pyridine rings is 1. The first kappa shape index (κ1) is 19.9. The van der Waals surface area contributed by atoms with Crippen LogP contribution in [0.4, 0.5) is 10.1 Å². The van der Waals surface area contributed by atoms with Crippen LogP contribution < -0.4 is 11.1 Å². The van der Waals surface area contributed by atoms with Crippen LogP contribution in [0, 0.1) is 26.7 Å². The smallest absolute Gasteiger partial charge is 0.263 e. The van der Waals surface area contributed by atoms with Crippen LogP contribution in [-0.2, 0) is 6.54 Å². The van der Waals surface area contributed by atoms with Gasteiger partial charge in [-0.15, -0.1) is 16.4 Å². The van der Waals surface area contributed by atoms with E-state index in [-0.39, 0.29) is 5.91 Å². The van der Waals surface area contributed by atoms with Crippen molar-refractivity contribution in [1.82, 2.24) is 20.5 Å². The van der Waals surface area contributed by atoms with Gasteiger partial charge < -0.3 is 11.1 Å². The minimum Gasteiger partial charge on any atom is -0.397 e. The number of nitrogens with zero attached hydrogens (tertiary/aromatic N) is 3. The molecule has 4 aromatic rings. The first-order valence-corrected chi connectivity index (χ1v) is 10.2. The van der Waals surface area contributed by atoms with Crippen molar-refractivity contribution in [3.63, 3.8) is 0 Å². The second-order valence-electron chi connectivity index (χ2n) is 7.11. The molecule has 1 aromatic carbocycles. The molecular weight excluding hydrogens is 401 g/mol. The molecule has 0 saturated heterocycles. The van der Waals surface area contributed by atoms with Crippen molar-refractivity contribution in [3.05, 3.63) is 69.7 Å². The average molecular weight is 422 g/mol. The van der Waals surface area contributed by atoms with Crippen LogP contribution in [0.3, 0.4) is 0 Å².